The Morgan fingerprint density at radius 1 is 0.514 bits per heavy atom. The van der Waals surface area contributed by atoms with Crippen LogP contribution >= 0.6 is 0 Å². The van der Waals surface area contributed by atoms with E-state index in [4.69, 9.17) is 21.6 Å². The second-order valence-electron chi connectivity index (χ2n) is 26.0. The summed E-state index contributed by atoms with van der Waals surface area (Å²) in [6.45, 7) is 14.3. The Morgan fingerprint density at radius 2 is 0.860 bits per heavy atom. The molecule has 16 nitrogen and oxygen atoms in total. The van der Waals surface area contributed by atoms with Gasteiger partial charge in [0.1, 0.15) is 6.54 Å². The highest BCUT2D eigenvalue weighted by atomic mass is 19.4. The van der Waals surface area contributed by atoms with Crippen molar-refractivity contribution in [2.75, 3.05) is 40.1 Å². The summed E-state index contributed by atoms with van der Waals surface area (Å²) < 4.78 is 37.5. The molecule has 0 fully saturated rings. The predicted octanol–water partition coefficient (Wildman–Crippen LogP) is 18.8. The zero-order valence-electron chi connectivity index (χ0n) is 61.2. The van der Waals surface area contributed by atoms with Crippen molar-refractivity contribution in [3.63, 3.8) is 0 Å². The molecular weight excluding hydrogens is 1350 g/mol. The van der Waals surface area contributed by atoms with Gasteiger partial charge in [0.05, 0.1) is 28.5 Å². The Hall–Kier alpha value is -12.3. The number of aliphatic hydroxyl groups excluding tert-OH is 2. The lowest BCUT2D eigenvalue weighted by Gasteiger charge is -2.34. The molecular formula is C88H86F3N11O5. The molecule has 2 atom stereocenters. The number of alkyl halides is 3. The van der Waals surface area contributed by atoms with Crippen LogP contribution in [0, 0.1) is 11.8 Å². The Balaban J connectivity index is 0.000000219. The minimum Gasteiger partial charge on any atom is -0.378 e. The van der Waals surface area contributed by atoms with Crippen LogP contribution in [0.15, 0.2) is 313 Å². The number of benzene rings is 11. The van der Waals surface area contributed by atoms with E-state index in [0.29, 0.717) is 66.7 Å². The number of hydrogen-bond donors (Lipinski definition) is 4. The van der Waals surface area contributed by atoms with Gasteiger partial charge in [-0.2, -0.15) is 18.3 Å². The number of anilines is 4. The molecule has 0 unspecified atom stereocenters. The van der Waals surface area contributed by atoms with Crippen LogP contribution in [0.3, 0.4) is 0 Å². The van der Waals surface area contributed by atoms with Gasteiger partial charge in [0.15, 0.2) is 17.7 Å². The average molecular weight is 1440 g/mol. The molecule has 0 radical (unpaired) electrons. The summed E-state index contributed by atoms with van der Waals surface area (Å²) in [6, 6.07) is 97.5. The second kappa shape index (κ2) is 37.4. The summed E-state index contributed by atoms with van der Waals surface area (Å²) in [5.41, 5.74) is 14.5. The van der Waals surface area contributed by atoms with E-state index < -0.39 is 42.0 Å². The van der Waals surface area contributed by atoms with Crippen LogP contribution in [0.1, 0.15) is 99.6 Å². The molecule has 1 aliphatic rings. The number of carbonyl (C=O) groups is 3. The van der Waals surface area contributed by atoms with E-state index in [2.05, 4.69) is 142 Å². The number of nitrogens with zero attached hydrogens (tertiary/aromatic N) is 9. The van der Waals surface area contributed by atoms with Gasteiger partial charge in [0, 0.05) is 38.7 Å². The quantitative estimate of drug-likeness (QED) is 0.0333. The van der Waals surface area contributed by atoms with Crippen molar-refractivity contribution in [1.82, 2.24) is 20.2 Å². The van der Waals surface area contributed by atoms with Gasteiger partial charge in [-0.25, -0.2) is 0 Å². The molecule has 12 aromatic rings. The largest absolute Gasteiger partial charge is 0.446 e. The lowest BCUT2D eigenvalue weighted by molar-refractivity contribution is -0.156. The van der Waals surface area contributed by atoms with Crippen molar-refractivity contribution >= 4 is 46.6 Å². The van der Waals surface area contributed by atoms with E-state index in [1.807, 2.05) is 194 Å². The Kier molecular flexibility index (Phi) is 26.5. The molecule has 1 aliphatic heterocycles. The Labute approximate surface area is 624 Å². The number of hydrogen-bond acceptors (Lipinski definition) is 13. The Bertz CT molecular complexity index is 4810. The van der Waals surface area contributed by atoms with E-state index in [0.717, 1.165) is 85.8 Å². The van der Waals surface area contributed by atoms with Gasteiger partial charge < -0.3 is 30.6 Å². The number of halogens is 3. The summed E-state index contributed by atoms with van der Waals surface area (Å²) in [5.74, 6) is 0.166. The van der Waals surface area contributed by atoms with Gasteiger partial charge in [-0.1, -0.05) is 315 Å². The van der Waals surface area contributed by atoms with Crippen molar-refractivity contribution in [3.8, 4) is 33.6 Å². The molecule has 544 valence electrons. The molecule has 107 heavy (non-hydrogen) atoms. The standard InChI is InChI=1S/C51H46N6O2.C33H33N5O2.C2HF3O.C2H6/c1-37(2)35-56(36-38-20-8-3-9-21-38)47-33-32-40(34-46(47)52-50(59)48(58)39-22-10-4-11-23-39)44-30-18-19-31-45(44)49-53-55-57(54-49)51(41-24-12-5-13-25-41,42-26-14-6-15-27-42)43-28-16-7-17-29-43;1-23(2)21-38(22-24-11-5-3-6-12-24)31-18-17-26(27-15-9-10-16-28(27)30-20-34-37-36-30)19-29(31)35-33(40)32(39)25-13-7-4-8-14-25;3-2(4,5)1-6;1-2/h3-34,37,48,58H,35-36H2,1-2H3,(H,52,59);3-19,23,32,39H,20-22H2,1-2H3,(H,35,40);1H;1-2H3/t48-;32-;;/m11../s1/i;;;1D. The fraction of sp³-hybridized carbons (Fsp3) is 0.193. The number of aromatic nitrogens is 4. The van der Waals surface area contributed by atoms with Crippen LogP contribution in [0.5, 0.6) is 0 Å². The highest BCUT2D eigenvalue weighted by Crippen LogP contribution is 2.43. The maximum atomic E-state index is 13.8. The summed E-state index contributed by atoms with van der Waals surface area (Å²) in [5, 5.41) is 55.0. The van der Waals surface area contributed by atoms with Crippen molar-refractivity contribution in [2.24, 2.45) is 27.3 Å². The maximum absolute atomic E-state index is 13.8. The molecule has 0 saturated heterocycles. The van der Waals surface area contributed by atoms with Crippen LogP contribution in [0.2, 0.25) is 0 Å². The van der Waals surface area contributed by atoms with Gasteiger partial charge in [-0.15, -0.1) is 20.1 Å². The van der Waals surface area contributed by atoms with Crippen LogP contribution < -0.4 is 20.4 Å². The molecule has 4 N–H and O–H groups in total. The highest BCUT2D eigenvalue weighted by molar-refractivity contribution is 6.08. The van der Waals surface area contributed by atoms with Crippen molar-refractivity contribution in [1.29, 1.82) is 0 Å². The maximum Gasteiger partial charge on any atom is 0.446 e. The minimum absolute atomic E-state index is 0.334. The van der Waals surface area contributed by atoms with Gasteiger partial charge in [0.2, 0.25) is 12.1 Å². The number of aldehydes is 1. The summed E-state index contributed by atoms with van der Waals surface area (Å²) in [4.78, 5) is 42.2. The van der Waals surface area contributed by atoms with Gasteiger partial charge in [-0.05, 0) is 108 Å². The third-order valence-corrected chi connectivity index (χ3v) is 17.4. The molecule has 2 heterocycles. The molecule has 0 aliphatic carbocycles. The molecule has 1 aromatic heterocycles. The third kappa shape index (κ3) is 19.9. The van der Waals surface area contributed by atoms with Gasteiger partial charge in [0.25, 0.3) is 11.8 Å². The normalized spacial score (nSPS) is 12.3. The predicted molar refractivity (Wildman–Crippen MR) is 420 cm³/mol. The third-order valence-electron chi connectivity index (χ3n) is 17.4. The number of tetrazole rings is 1. The van der Waals surface area contributed by atoms with E-state index >= 15 is 0 Å². The highest BCUT2D eigenvalue weighted by Gasteiger charge is 2.41. The number of rotatable bonds is 24. The first-order valence-electron chi connectivity index (χ1n) is 35.9. The van der Waals surface area contributed by atoms with E-state index in [1.165, 1.54) is 5.56 Å². The smallest absolute Gasteiger partial charge is 0.378 e. The van der Waals surface area contributed by atoms with E-state index in [1.54, 1.807) is 36.0 Å². The summed E-state index contributed by atoms with van der Waals surface area (Å²) in [7, 11) is 0. The Morgan fingerprint density at radius 3 is 1.22 bits per heavy atom. The summed E-state index contributed by atoms with van der Waals surface area (Å²) in [6.07, 6.45) is -8.35. The first-order valence-corrected chi connectivity index (χ1v) is 35.2. The van der Waals surface area contributed by atoms with Crippen LogP contribution in [0.4, 0.5) is 35.9 Å². The molecule has 11 aromatic carbocycles. The van der Waals surface area contributed by atoms with Crippen molar-refractivity contribution in [2.45, 2.75) is 78.5 Å². The van der Waals surface area contributed by atoms with E-state index in [-0.39, 0.29) is 0 Å². The molecule has 0 bridgehead atoms. The van der Waals surface area contributed by atoms with Gasteiger partial charge in [-0.3, -0.25) is 14.4 Å². The second-order valence-corrected chi connectivity index (χ2v) is 26.0. The van der Waals surface area contributed by atoms with Crippen molar-refractivity contribution < 1.29 is 39.1 Å². The molecule has 13 rings (SSSR count). The zero-order valence-corrected chi connectivity index (χ0v) is 60.2. The fourth-order valence-corrected chi connectivity index (χ4v) is 12.7. The number of amides is 2. The first-order chi connectivity index (χ1) is 52.4. The van der Waals surface area contributed by atoms with Crippen molar-refractivity contribution in [3.05, 3.63) is 342 Å². The molecule has 2 amide bonds. The molecule has 0 spiro atoms. The lowest BCUT2D eigenvalue weighted by Crippen LogP contribution is -2.39. The average Bonchev–Trinajstić information content (AvgIpc) is 1.44. The van der Waals surface area contributed by atoms with E-state index in [9.17, 15) is 33.0 Å². The number of nitrogens with one attached hydrogen (secondary N) is 2. The zero-order chi connectivity index (χ0) is 76.4. The van der Waals surface area contributed by atoms with Gasteiger partial charge >= 0.3 is 6.18 Å². The minimum atomic E-state index is -4.64. The SMILES string of the molecule is CC(C)CN(Cc1ccccc1)c1ccc(-c2ccccc2-c2nnn(C(c3ccccc3)(c3ccccc3)c3ccccc3)n2)cc1NC(=O)[C@H](O)c1ccccc1.CC(C)CN(Cc1ccccc1)c1ccc(-c2ccccc2C2=NN=NC2)cc1NC(=O)[C@H](O)c1ccccc1.O=CC(F)(F)F.[2H]CC. The lowest BCUT2D eigenvalue weighted by atomic mass is 9.77. The van der Waals surface area contributed by atoms with Crippen LogP contribution in [0.25, 0.3) is 33.6 Å². The topological polar surface area (TPSA) is 203 Å². The first kappa shape index (κ1) is 75.8. The number of aliphatic hydroxyl groups is 2. The monoisotopic (exact) mass is 1430 g/mol. The summed E-state index contributed by atoms with van der Waals surface area (Å²) >= 11 is 0. The number of carbonyl (C=O) groups excluding carboxylic acids is 3. The van der Waals surface area contributed by atoms with Crippen LogP contribution in [-0.4, -0.2) is 80.0 Å². The fourth-order valence-electron chi connectivity index (χ4n) is 12.7. The van der Waals surface area contributed by atoms with Crippen LogP contribution in [-0.2, 0) is 33.0 Å². The molecule has 0 saturated carbocycles. The molecule has 19 heteroatoms.